The number of carbonyl (C=O) groups is 1. The number of halogens is 1. The molecule has 5 nitrogen and oxygen atoms in total. The lowest BCUT2D eigenvalue weighted by atomic mass is 10.1. The first-order chi connectivity index (χ1) is 9.77. The Morgan fingerprint density at radius 3 is 2.33 bits per heavy atom. The number of phenolic OH excluding ortho intramolecular Hbond substituents is 1. The third-order valence-corrected chi connectivity index (χ3v) is 3.87. The Hall–Kier alpha value is -2.41. The fraction of sp³-hybridized carbons (Fsp3) is 0.0714. The van der Waals surface area contributed by atoms with Crippen molar-refractivity contribution in [2.75, 3.05) is 11.6 Å². The normalized spacial score (nSPS) is 11.1. The summed E-state index contributed by atoms with van der Waals surface area (Å²) in [5, 5.41) is 12.0. The molecule has 2 aromatic rings. The average molecular weight is 309 g/mol. The molecule has 0 spiro atoms. The second-order valence-corrected chi connectivity index (χ2v) is 6.43. The summed E-state index contributed by atoms with van der Waals surface area (Å²) in [5.74, 6) is -1.69. The monoisotopic (exact) mass is 309 g/mol. The molecule has 0 saturated carbocycles. The average Bonchev–Trinajstić information content (AvgIpc) is 2.41. The van der Waals surface area contributed by atoms with E-state index in [1.54, 1.807) is 0 Å². The zero-order valence-corrected chi connectivity index (χ0v) is 11.8. The highest BCUT2D eigenvalue weighted by Crippen LogP contribution is 2.20. The number of benzene rings is 2. The van der Waals surface area contributed by atoms with Crippen LogP contribution in [0.3, 0.4) is 0 Å². The number of rotatable bonds is 3. The van der Waals surface area contributed by atoms with Gasteiger partial charge in [0, 0.05) is 11.9 Å². The van der Waals surface area contributed by atoms with Gasteiger partial charge in [-0.1, -0.05) is 0 Å². The molecule has 1 amide bonds. The van der Waals surface area contributed by atoms with E-state index in [4.69, 9.17) is 0 Å². The maximum Gasteiger partial charge on any atom is 0.259 e. The van der Waals surface area contributed by atoms with Crippen LogP contribution in [0.4, 0.5) is 10.1 Å². The first-order valence-electron chi connectivity index (χ1n) is 5.87. The fourth-order valence-corrected chi connectivity index (χ4v) is 2.30. The molecule has 2 rings (SSSR count). The Balaban J connectivity index is 2.22. The molecule has 2 N–H and O–H groups in total. The molecule has 0 atom stereocenters. The van der Waals surface area contributed by atoms with Crippen molar-refractivity contribution in [3.63, 3.8) is 0 Å². The van der Waals surface area contributed by atoms with Gasteiger partial charge in [-0.2, -0.15) is 0 Å². The summed E-state index contributed by atoms with van der Waals surface area (Å²) in [5.41, 5.74) is 0.123. The minimum Gasteiger partial charge on any atom is -0.507 e. The van der Waals surface area contributed by atoms with Crippen molar-refractivity contribution in [1.82, 2.24) is 0 Å². The van der Waals surface area contributed by atoms with Gasteiger partial charge in [0.15, 0.2) is 9.84 Å². The van der Waals surface area contributed by atoms with Gasteiger partial charge in [0.25, 0.3) is 5.91 Å². The second-order valence-electron chi connectivity index (χ2n) is 4.41. The number of hydrogen-bond donors (Lipinski definition) is 2. The molecule has 2 aromatic carbocycles. The highest BCUT2D eigenvalue weighted by atomic mass is 32.2. The predicted octanol–water partition coefficient (Wildman–Crippen LogP) is 2.19. The molecule has 0 aliphatic heterocycles. The molecule has 21 heavy (non-hydrogen) atoms. The van der Waals surface area contributed by atoms with Gasteiger partial charge in [-0.25, -0.2) is 12.8 Å². The van der Waals surface area contributed by atoms with E-state index >= 15 is 0 Å². The van der Waals surface area contributed by atoms with Crippen molar-refractivity contribution in [2.24, 2.45) is 0 Å². The molecule has 0 fully saturated rings. The maximum absolute atomic E-state index is 13.1. The Morgan fingerprint density at radius 2 is 1.76 bits per heavy atom. The van der Waals surface area contributed by atoms with Crippen molar-refractivity contribution >= 4 is 21.4 Å². The van der Waals surface area contributed by atoms with E-state index in [0.29, 0.717) is 5.69 Å². The number of nitrogens with one attached hydrogen (secondary N) is 1. The summed E-state index contributed by atoms with van der Waals surface area (Å²) in [6.07, 6.45) is 1.07. The van der Waals surface area contributed by atoms with Crippen LogP contribution >= 0.6 is 0 Å². The standard InChI is InChI=1S/C14H12FNO4S/c1-21(19,20)11-5-3-10(4-6-11)16-14(18)12-8-9(15)2-7-13(12)17/h2-8,17H,1H3,(H,16,18). The van der Waals surface area contributed by atoms with Crippen molar-refractivity contribution in [3.8, 4) is 5.75 Å². The van der Waals surface area contributed by atoms with Gasteiger partial charge >= 0.3 is 0 Å². The van der Waals surface area contributed by atoms with Crippen LogP contribution < -0.4 is 5.32 Å². The van der Waals surface area contributed by atoms with Crippen LogP contribution in [0.5, 0.6) is 5.75 Å². The van der Waals surface area contributed by atoms with E-state index in [1.165, 1.54) is 24.3 Å². The first kappa shape index (κ1) is 15.0. The number of carbonyl (C=O) groups excluding carboxylic acids is 1. The molecule has 0 radical (unpaired) electrons. The Bertz CT molecular complexity index is 785. The van der Waals surface area contributed by atoms with E-state index < -0.39 is 21.6 Å². The van der Waals surface area contributed by atoms with Crippen molar-refractivity contribution in [3.05, 3.63) is 53.8 Å². The number of amides is 1. The number of hydrogen-bond acceptors (Lipinski definition) is 4. The predicted molar refractivity (Wildman–Crippen MR) is 75.6 cm³/mol. The van der Waals surface area contributed by atoms with Crippen molar-refractivity contribution in [1.29, 1.82) is 0 Å². The molecule has 0 heterocycles. The van der Waals surface area contributed by atoms with Crippen LogP contribution in [-0.4, -0.2) is 25.7 Å². The molecule has 0 unspecified atom stereocenters. The SMILES string of the molecule is CS(=O)(=O)c1ccc(NC(=O)c2cc(F)ccc2O)cc1. The van der Waals surface area contributed by atoms with E-state index in [0.717, 1.165) is 24.5 Å². The summed E-state index contributed by atoms with van der Waals surface area (Å²) in [6, 6.07) is 8.53. The summed E-state index contributed by atoms with van der Waals surface area (Å²) >= 11 is 0. The van der Waals surface area contributed by atoms with Crippen LogP contribution in [0, 0.1) is 5.82 Å². The van der Waals surface area contributed by atoms with Gasteiger partial charge in [0.1, 0.15) is 11.6 Å². The molecule has 0 aliphatic rings. The van der Waals surface area contributed by atoms with Crippen LogP contribution in [0.1, 0.15) is 10.4 Å². The molecule has 110 valence electrons. The van der Waals surface area contributed by atoms with Gasteiger partial charge in [-0.15, -0.1) is 0 Å². The lowest BCUT2D eigenvalue weighted by Crippen LogP contribution is -2.12. The van der Waals surface area contributed by atoms with E-state index in [-0.39, 0.29) is 16.2 Å². The van der Waals surface area contributed by atoms with Gasteiger partial charge in [0.05, 0.1) is 10.5 Å². The van der Waals surface area contributed by atoms with Gasteiger partial charge in [0.2, 0.25) is 0 Å². The Morgan fingerprint density at radius 1 is 1.14 bits per heavy atom. The molecule has 0 bridgehead atoms. The molecule has 0 saturated heterocycles. The summed E-state index contributed by atoms with van der Waals surface area (Å²) in [7, 11) is -3.31. The minimum atomic E-state index is -3.31. The quantitative estimate of drug-likeness (QED) is 0.910. The van der Waals surface area contributed by atoms with Crippen LogP contribution in [0.15, 0.2) is 47.4 Å². The summed E-state index contributed by atoms with van der Waals surface area (Å²) in [4.78, 5) is 12.0. The molecular formula is C14H12FNO4S. The maximum atomic E-state index is 13.1. The summed E-state index contributed by atoms with van der Waals surface area (Å²) in [6.45, 7) is 0. The van der Waals surface area contributed by atoms with E-state index in [2.05, 4.69) is 5.32 Å². The summed E-state index contributed by atoms with van der Waals surface area (Å²) < 4.78 is 35.7. The fourth-order valence-electron chi connectivity index (χ4n) is 1.67. The lowest BCUT2D eigenvalue weighted by molar-refractivity contribution is 0.102. The zero-order valence-electron chi connectivity index (χ0n) is 11.0. The Kier molecular flexibility index (Phi) is 3.95. The van der Waals surface area contributed by atoms with Gasteiger partial charge < -0.3 is 10.4 Å². The number of anilines is 1. The smallest absolute Gasteiger partial charge is 0.259 e. The van der Waals surface area contributed by atoms with Crippen LogP contribution in [-0.2, 0) is 9.84 Å². The number of phenols is 1. The number of aromatic hydroxyl groups is 1. The van der Waals surface area contributed by atoms with E-state index in [1.807, 2.05) is 0 Å². The highest BCUT2D eigenvalue weighted by molar-refractivity contribution is 7.90. The lowest BCUT2D eigenvalue weighted by Gasteiger charge is -2.07. The molecule has 0 aliphatic carbocycles. The third-order valence-electron chi connectivity index (χ3n) is 2.74. The van der Waals surface area contributed by atoms with Crippen LogP contribution in [0.2, 0.25) is 0 Å². The van der Waals surface area contributed by atoms with Gasteiger partial charge in [-0.3, -0.25) is 4.79 Å². The first-order valence-corrected chi connectivity index (χ1v) is 7.76. The van der Waals surface area contributed by atoms with E-state index in [9.17, 15) is 22.7 Å². The third kappa shape index (κ3) is 3.57. The zero-order chi connectivity index (χ0) is 15.6. The van der Waals surface area contributed by atoms with Gasteiger partial charge in [-0.05, 0) is 42.5 Å². The molecular weight excluding hydrogens is 297 g/mol. The second kappa shape index (κ2) is 5.53. The topological polar surface area (TPSA) is 83.5 Å². The molecule has 0 aromatic heterocycles. The minimum absolute atomic E-state index is 0.120. The van der Waals surface area contributed by atoms with Crippen molar-refractivity contribution < 1.29 is 22.7 Å². The Labute approximate surface area is 121 Å². The van der Waals surface area contributed by atoms with Crippen molar-refractivity contribution in [2.45, 2.75) is 4.90 Å². The largest absolute Gasteiger partial charge is 0.507 e. The highest BCUT2D eigenvalue weighted by Gasteiger charge is 2.13. The molecule has 7 heteroatoms. The number of sulfone groups is 1. The van der Waals surface area contributed by atoms with Crippen LogP contribution in [0.25, 0.3) is 0 Å².